The van der Waals surface area contributed by atoms with Crippen LogP contribution in [0.15, 0.2) is 30.5 Å². The van der Waals surface area contributed by atoms with Crippen LogP contribution in [-0.2, 0) is 6.18 Å². The van der Waals surface area contributed by atoms with Gasteiger partial charge in [-0.2, -0.15) is 13.2 Å². The van der Waals surface area contributed by atoms with E-state index in [0.717, 1.165) is 23.7 Å². The van der Waals surface area contributed by atoms with Crippen LogP contribution in [0.1, 0.15) is 33.8 Å². The molecule has 0 aliphatic heterocycles. The number of alkyl halides is 3. The molecule has 0 aliphatic rings. The highest BCUT2D eigenvalue weighted by molar-refractivity contribution is 7.07. The molecule has 0 fully saturated rings. The molecule has 2 aromatic rings. The number of carbonyl (C=O) groups excluding carboxylic acids is 1. The lowest BCUT2D eigenvalue weighted by molar-refractivity contribution is -0.137. The molecule has 1 heterocycles. The molecule has 0 saturated heterocycles. The molecule has 1 aromatic carbocycles. The fourth-order valence-electron chi connectivity index (χ4n) is 1.60. The number of carbonyl (C=O) groups is 1. The fourth-order valence-corrected chi connectivity index (χ4v) is 2.02. The van der Waals surface area contributed by atoms with Crippen molar-refractivity contribution in [1.29, 1.82) is 0 Å². The van der Waals surface area contributed by atoms with E-state index >= 15 is 0 Å². The normalized spacial score (nSPS) is 13.0. The standard InChI is InChI=1S/C12H10F3N3OS/c1-7(17-11(19)10-6-16-18-20-10)8-3-2-4-9(5-8)12(13,14)15/h2-7H,1H3,(H,17,19)/t7-/m0/s1. The van der Waals surface area contributed by atoms with Crippen molar-refractivity contribution in [3.05, 3.63) is 46.5 Å². The van der Waals surface area contributed by atoms with Crippen molar-refractivity contribution < 1.29 is 18.0 Å². The van der Waals surface area contributed by atoms with Crippen molar-refractivity contribution >= 4 is 17.4 Å². The SMILES string of the molecule is C[C@H](NC(=O)c1cnns1)c1cccc(C(F)(F)F)c1. The molecule has 0 radical (unpaired) electrons. The minimum atomic E-state index is -4.40. The Labute approximate surface area is 116 Å². The highest BCUT2D eigenvalue weighted by Gasteiger charge is 2.30. The van der Waals surface area contributed by atoms with Gasteiger partial charge in [0, 0.05) is 0 Å². The van der Waals surface area contributed by atoms with Gasteiger partial charge in [0.1, 0.15) is 4.88 Å². The molecule has 1 amide bonds. The monoisotopic (exact) mass is 301 g/mol. The van der Waals surface area contributed by atoms with Gasteiger partial charge in [0.25, 0.3) is 5.91 Å². The third-order valence-electron chi connectivity index (χ3n) is 2.65. The van der Waals surface area contributed by atoms with Gasteiger partial charge in [0.2, 0.25) is 0 Å². The van der Waals surface area contributed by atoms with Crippen molar-refractivity contribution in [3.63, 3.8) is 0 Å². The molecule has 0 saturated carbocycles. The van der Waals surface area contributed by atoms with Crippen LogP contribution in [-0.4, -0.2) is 15.5 Å². The van der Waals surface area contributed by atoms with Crippen LogP contribution >= 0.6 is 11.5 Å². The summed E-state index contributed by atoms with van der Waals surface area (Å²) >= 11 is 0.922. The van der Waals surface area contributed by atoms with Crippen LogP contribution in [0.3, 0.4) is 0 Å². The van der Waals surface area contributed by atoms with Crippen LogP contribution in [0, 0.1) is 0 Å². The number of nitrogens with zero attached hydrogens (tertiary/aromatic N) is 2. The molecule has 20 heavy (non-hydrogen) atoms. The van der Waals surface area contributed by atoms with Crippen LogP contribution in [0.5, 0.6) is 0 Å². The second-order valence-electron chi connectivity index (χ2n) is 4.10. The fraction of sp³-hybridized carbons (Fsp3) is 0.250. The summed E-state index contributed by atoms with van der Waals surface area (Å²) in [6, 6.07) is 4.31. The minimum absolute atomic E-state index is 0.309. The molecule has 1 N–H and O–H groups in total. The molecule has 1 aromatic heterocycles. The number of aromatic nitrogens is 2. The van der Waals surface area contributed by atoms with E-state index in [9.17, 15) is 18.0 Å². The van der Waals surface area contributed by atoms with Crippen LogP contribution in [0.2, 0.25) is 0 Å². The minimum Gasteiger partial charge on any atom is -0.345 e. The number of amides is 1. The number of hydrogen-bond donors (Lipinski definition) is 1. The first-order valence-electron chi connectivity index (χ1n) is 5.63. The topological polar surface area (TPSA) is 54.9 Å². The highest BCUT2D eigenvalue weighted by atomic mass is 32.1. The Morgan fingerprint density at radius 3 is 2.75 bits per heavy atom. The van der Waals surface area contributed by atoms with E-state index < -0.39 is 23.7 Å². The molecule has 8 heteroatoms. The third-order valence-corrected chi connectivity index (χ3v) is 3.31. The molecule has 2 rings (SSSR count). The van der Waals surface area contributed by atoms with Crippen molar-refractivity contribution in [2.45, 2.75) is 19.1 Å². The summed E-state index contributed by atoms with van der Waals surface area (Å²) in [7, 11) is 0. The molecule has 0 unspecified atom stereocenters. The average molecular weight is 301 g/mol. The lowest BCUT2D eigenvalue weighted by Crippen LogP contribution is -2.26. The molecule has 106 valence electrons. The summed E-state index contributed by atoms with van der Waals surface area (Å²) < 4.78 is 41.4. The molecular formula is C12H10F3N3OS. The van der Waals surface area contributed by atoms with Crippen LogP contribution in [0.25, 0.3) is 0 Å². The van der Waals surface area contributed by atoms with Gasteiger partial charge in [-0.1, -0.05) is 16.6 Å². The van der Waals surface area contributed by atoms with E-state index in [4.69, 9.17) is 0 Å². The molecule has 0 spiro atoms. The Morgan fingerprint density at radius 1 is 1.40 bits per heavy atom. The van der Waals surface area contributed by atoms with E-state index in [2.05, 4.69) is 14.9 Å². The first-order valence-corrected chi connectivity index (χ1v) is 6.40. The van der Waals surface area contributed by atoms with Crippen molar-refractivity contribution in [3.8, 4) is 0 Å². The molecule has 0 aliphatic carbocycles. The van der Waals surface area contributed by atoms with Gasteiger partial charge in [-0.15, -0.1) is 5.10 Å². The van der Waals surface area contributed by atoms with Gasteiger partial charge in [0.05, 0.1) is 17.8 Å². The van der Waals surface area contributed by atoms with E-state index in [0.29, 0.717) is 10.4 Å². The molecule has 0 bridgehead atoms. The first kappa shape index (κ1) is 14.4. The Kier molecular flexibility index (Phi) is 4.03. The summed E-state index contributed by atoms with van der Waals surface area (Å²) in [5, 5.41) is 6.13. The maximum Gasteiger partial charge on any atom is 0.416 e. The highest BCUT2D eigenvalue weighted by Crippen LogP contribution is 2.30. The van der Waals surface area contributed by atoms with Crippen molar-refractivity contribution in [1.82, 2.24) is 14.9 Å². The Bertz CT molecular complexity index is 598. The smallest absolute Gasteiger partial charge is 0.345 e. The predicted octanol–water partition coefficient (Wildman–Crippen LogP) is 3.05. The maximum atomic E-state index is 12.6. The van der Waals surface area contributed by atoms with Crippen molar-refractivity contribution in [2.24, 2.45) is 0 Å². The van der Waals surface area contributed by atoms with Gasteiger partial charge < -0.3 is 5.32 Å². The second-order valence-corrected chi connectivity index (χ2v) is 4.89. The number of halogens is 3. The number of benzene rings is 1. The average Bonchev–Trinajstić information content (AvgIpc) is 2.91. The van der Waals surface area contributed by atoms with E-state index in [1.54, 1.807) is 6.92 Å². The first-order chi connectivity index (χ1) is 9.38. The quantitative estimate of drug-likeness (QED) is 0.948. The summed E-state index contributed by atoms with van der Waals surface area (Å²) in [6.07, 6.45) is -3.10. The second kappa shape index (κ2) is 5.58. The van der Waals surface area contributed by atoms with E-state index in [1.165, 1.54) is 18.3 Å². The van der Waals surface area contributed by atoms with Gasteiger partial charge in [-0.25, -0.2) is 0 Å². The number of nitrogens with one attached hydrogen (secondary N) is 1. The summed E-state index contributed by atoms with van der Waals surface area (Å²) in [6.45, 7) is 1.61. The van der Waals surface area contributed by atoms with Gasteiger partial charge in [-0.3, -0.25) is 4.79 Å². The largest absolute Gasteiger partial charge is 0.416 e. The van der Waals surface area contributed by atoms with Crippen LogP contribution < -0.4 is 5.32 Å². The van der Waals surface area contributed by atoms with E-state index in [-0.39, 0.29) is 0 Å². The number of rotatable bonds is 3. The lowest BCUT2D eigenvalue weighted by Gasteiger charge is -2.15. The lowest BCUT2D eigenvalue weighted by atomic mass is 10.0. The molecule has 1 atom stereocenters. The zero-order valence-corrected chi connectivity index (χ0v) is 11.1. The third kappa shape index (κ3) is 3.32. The Hall–Kier alpha value is -1.96. The number of hydrogen-bond acceptors (Lipinski definition) is 4. The van der Waals surface area contributed by atoms with Gasteiger partial charge >= 0.3 is 6.18 Å². The summed E-state index contributed by atoms with van der Waals surface area (Å²) in [5.74, 6) is -0.412. The summed E-state index contributed by atoms with van der Waals surface area (Å²) in [5.41, 5.74) is -0.360. The Morgan fingerprint density at radius 2 is 2.15 bits per heavy atom. The van der Waals surface area contributed by atoms with Crippen LogP contribution in [0.4, 0.5) is 13.2 Å². The zero-order chi connectivity index (χ0) is 14.8. The summed E-state index contributed by atoms with van der Waals surface area (Å²) in [4.78, 5) is 12.1. The van der Waals surface area contributed by atoms with Gasteiger partial charge in [-0.05, 0) is 36.2 Å². The van der Waals surface area contributed by atoms with Crippen molar-refractivity contribution in [2.75, 3.05) is 0 Å². The maximum absolute atomic E-state index is 12.6. The van der Waals surface area contributed by atoms with Gasteiger partial charge in [0.15, 0.2) is 0 Å². The molecular weight excluding hydrogens is 291 g/mol. The predicted molar refractivity (Wildman–Crippen MR) is 67.2 cm³/mol. The van der Waals surface area contributed by atoms with E-state index in [1.807, 2.05) is 0 Å². The Balaban J connectivity index is 2.13. The zero-order valence-electron chi connectivity index (χ0n) is 10.3. The molecule has 4 nitrogen and oxygen atoms in total.